The summed E-state index contributed by atoms with van der Waals surface area (Å²) >= 11 is 6.05. The molecule has 1 amide bonds. The average molecular weight is 280 g/mol. The maximum Gasteiger partial charge on any atom is 0.250 e. The molecule has 102 valence electrons. The summed E-state index contributed by atoms with van der Waals surface area (Å²) in [6.45, 7) is 5.71. The molecule has 1 aromatic carbocycles. The maximum absolute atomic E-state index is 11.6. The minimum Gasteiger partial charge on any atom is -0.354 e. The first-order valence-corrected chi connectivity index (χ1v) is 6.37. The number of aryl methyl sites for hydroxylation is 1. The molecule has 0 unspecified atom stereocenters. The predicted octanol–water partition coefficient (Wildman–Crippen LogP) is 2.71. The fraction of sp³-hybridized carbons (Fsp3) is 0.286. The average Bonchev–Trinajstić information content (AvgIpc) is 2.26. The van der Waals surface area contributed by atoms with Crippen LogP contribution in [0.4, 0.5) is 0 Å². The molecule has 5 heteroatoms. The lowest BCUT2D eigenvalue weighted by Gasteiger charge is -2.10. The smallest absolute Gasteiger partial charge is 0.250 e. The van der Waals surface area contributed by atoms with E-state index in [1.165, 1.54) is 6.08 Å². The summed E-state index contributed by atoms with van der Waals surface area (Å²) in [4.78, 5) is 11.6. The highest BCUT2D eigenvalue weighted by Gasteiger charge is 2.03. The van der Waals surface area contributed by atoms with Crippen molar-refractivity contribution in [1.82, 2.24) is 10.6 Å². The molecule has 0 spiro atoms. The van der Waals surface area contributed by atoms with Gasteiger partial charge >= 0.3 is 0 Å². The van der Waals surface area contributed by atoms with Crippen molar-refractivity contribution in [3.63, 3.8) is 0 Å². The molecule has 19 heavy (non-hydrogen) atoms. The topological polar surface area (TPSA) is 65.0 Å². The van der Waals surface area contributed by atoms with Gasteiger partial charge in [-0.3, -0.25) is 15.5 Å². The number of benzene rings is 1. The molecule has 1 aromatic rings. The van der Waals surface area contributed by atoms with Crippen LogP contribution in [0.25, 0.3) is 6.08 Å². The van der Waals surface area contributed by atoms with E-state index in [1.54, 1.807) is 12.1 Å². The van der Waals surface area contributed by atoms with Gasteiger partial charge in [0.05, 0.1) is 0 Å². The Hall–Kier alpha value is -1.81. The zero-order valence-electron chi connectivity index (χ0n) is 11.3. The van der Waals surface area contributed by atoms with Crippen LogP contribution in [0, 0.1) is 12.3 Å². The van der Waals surface area contributed by atoms with E-state index < -0.39 is 0 Å². The Morgan fingerprint density at radius 1 is 1.42 bits per heavy atom. The van der Waals surface area contributed by atoms with E-state index in [0.717, 1.165) is 11.1 Å². The molecule has 0 saturated heterocycles. The first kappa shape index (κ1) is 15.2. The van der Waals surface area contributed by atoms with Crippen LogP contribution in [0.3, 0.4) is 0 Å². The summed E-state index contributed by atoms with van der Waals surface area (Å²) in [7, 11) is 0. The number of halogens is 1. The largest absolute Gasteiger partial charge is 0.354 e. The molecule has 3 N–H and O–H groups in total. The van der Waals surface area contributed by atoms with Crippen molar-refractivity contribution in [3.8, 4) is 0 Å². The zero-order chi connectivity index (χ0) is 14.4. The summed E-state index contributed by atoms with van der Waals surface area (Å²) in [5.74, 6) is -0.377. The first-order valence-electron chi connectivity index (χ1n) is 5.99. The van der Waals surface area contributed by atoms with Crippen LogP contribution in [-0.4, -0.2) is 17.9 Å². The lowest BCUT2D eigenvalue weighted by Crippen LogP contribution is -2.42. The Morgan fingerprint density at radius 3 is 2.68 bits per heavy atom. The van der Waals surface area contributed by atoms with Gasteiger partial charge in [0.15, 0.2) is 5.96 Å². The van der Waals surface area contributed by atoms with Gasteiger partial charge in [-0.25, -0.2) is 0 Å². The van der Waals surface area contributed by atoms with Crippen LogP contribution in [0.5, 0.6) is 0 Å². The quantitative estimate of drug-likeness (QED) is 0.452. The fourth-order valence-corrected chi connectivity index (χ4v) is 1.79. The minimum absolute atomic E-state index is 0.0134. The zero-order valence-corrected chi connectivity index (χ0v) is 12.0. The van der Waals surface area contributed by atoms with Gasteiger partial charge in [-0.15, -0.1) is 0 Å². The van der Waals surface area contributed by atoms with Crippen LogP contribution < -0.4 is 10.6 Å². The molecule has 0 fully saturated rings. The molecule has 0 aliphatic carbocycles. The van der Waals surface area contributed by atoms with Gasteiger partial charge in [-0.05, 0) is 44.0 Å². The van der Waals surface area contributed by atoms with E-state index in [4.69, 9.17) is 17.0 Å². The van der Waals surface area contributed by atoms with Crippen LogP contribution in [0.15, 0.2) is 24.3 Å². The number of nitrogens with one attached hydrogen (secondary N) is 3. The monoisotopic (exact) mass is 279 g/mol. The number of rotatable bonds is 3. The Labute approximate surface area is 118 Å². The van der Waals surface area contributed by atoms with E-state index in [0.29, 0.717) is 5.02 Å². The predicted molar refractivity (Wildman–Crippen MR) is 79.4 cm³/mol. The third-order valence-electron chi connectivity index (χ3n) is 2.35. The number of carbonyl (C=O) groups excluding carboxylic acids is 1. The van der Waals surface area contributed by atoms with Crippen LogP contribution in [-0.2, 0) is 4.79 Å². The number of hydrogen-bond donors (Lipinski definition) is 3. The Balaban J connectivity index is 2.67. The van der Waals surface area contributed by atoms with E-state index in [-0.39, 0.29) is 17.9 Å². The van der Waals surface area contributed by atoms with E-state index in [2.05, 4.69) is 10.6 Å². The van der Waals surface area contributed by atoms with Gasteiger partial charge in [0, 0.05) is 17.1 Å². The highest BCUT2D eigenvalue weighted by atomic mass is 35.5. The molecule has 4 nitrogen and oxygen atoms in total. The van der Waals surface area contributed by atoms with Crippen LogP contribution >= 0.6 is 11.6 Å². The first-order chi connectivity index (χ1) is 8.90. The van der Waals surface area contributed by atoms with Crippen molar-refractivity contribution in [2.24, 2.45) is 0 Å². The number of hydrogen-bond acceptors (Lipinski definition) is 2. The Kier molecular flexibility index (Phi) is 5.57. The minimum atomic E-state index is -0.363. The molecule has 0 aliphatic heterocycles. The van der Waals surface area contributed by atoms with Gasteiger partial charge < -0.3 is 5.32 Å². The van der Waals surface area contributed by atoms with E-state index in [9.17, 15) is 4.79 Å². The highest BCUT2D eigenvalue weighted by molar-refractivity contribution is 6.32. The third-order valence-corrected chi connectivity index (χ3v) is 2.68. The van der Waals surface area contributed by atoms with Crippen LogP contribution in [0.1, 0.15) is 25.0 Å². The third kappa shape index (κ3) is 5.14. The Bertz CT molecular complexity index is 489. The fourth-order valence-electron chi connectivity index (χ4n) is 1.50. The summed E-state index contributed by atoms with van der Waals surface area (Å²) in [6.07, 6.45) is 3.01. The second-order valence-corrected chi connectivity index (χ2v) is 4.87. The maximum atomic E-state index is 11.6. The van der Waals surface area contributed by atoms with E-state index in [1.807, 2.05) is 32.9 Å². The summed E-state index contributed by atoms with van der Waals surface area (Å²) in [6, 6.07) is 5.65. The molecule has 0 radical (unpaired) electrons. The number of carbonyl (C=O) groups is 1. The van der Waals surface area contributed by atoms with Gasteiger partial charge in [-0.2, -0.15) is 0 Å². The van der Waals surface area contributed by atoms with Gasteiger partial charge in [0.2, 0.25) is 0 Å². The van der Waals surface area contributed by atoms with E-state index >= 15 is 0 Å². The molecule has 0 heterocycles. The highest BCUT2D eigenvalue weighted by Crippen LogP contribution is 2.20. The second kappa shape index (κ2) is 6.95. The van der Waals surface area contributed by atoms with Crippen molar-refractivity contribution >= 4 is 29.5 Å². The molecule has 0 bridgehead atoms. The Morgan fingerprint density at radius 2 is 2.11 bits per heavy atom. The van der Waals surface area contributed by atoms with Crippen LogP contribution in [0.2, 0.25) is 5.02 Å². The van der Waals surface area contributed by atoms with Crippen molar-refractivity contribution < 1.29 is 4.79 Å². The molecular weight excluding hydrogens is 262 g/mol. The van der Waals surface area contributed by atoms with Gasteiger partial charge in [0.25, 0.3) is 5.91 Å². The normalized spacial score (nSPS) is 10.8. The molecule has 0 saturated carbocycles. The molecule has 1 rings (SSSR count). The second-order valence-electron chi connectivity index (χ2n) is 4.47. The van der Waals surface area contributed by atoms with Crippen molar-refractivity contribution in [1.29, 1.82) is 5.41 Å². The van der Waals surface area contributed by atoms with Gasteiger partial charge in [0.1, 0.15) is 0 Å². The van der Waals surface area contributed by atoms with Gasteiger partial charge in [-0.1, -0.05) is 23.7 Å². The van der Waals surface area contributed by atoms with Crippen molar-refractivity contribution in [3.05, 3.63) is 40.4 Å². The molecular formula is C14H18ClN3O. The number of guanidine groups is 1. The SMILES string of the molecule is Cc1cccc(Cl)c1C=CC(=O)NC(=N)NC(C)C. The van der Waals surface area contributed by atoms with Crippen molar-refractivity contribution in [2.75, 3.05) is 0 Å². The molecule has 0 aliphatic rings. The standard InChI is InChI=1S/C14H18ClN3O/c1-9(2)17-14(16)18-13(19)8-7-11-10(3)5-4-6-12(11)15/h4-9H,1-3H3,(H3,16,17,18,19). The summed E-state index contributed by atoms with van der Waals surface area (Å²) < 4.78 is 0. The number of amides is 1. The lowest BCUT2D eigenvalue weighted by atomic mass is 10.1. The molecule has 0 aromatic heterocycles. The summed E-state index contributed by atoms with van der Waals surface area (Å²) in [5.41, 5.74) is 1.80. The molecule has 0 atom stereocenters. The lowest BCUT2D eigenvalue weighted by molar-refractivity contribution is -0.115. The van der Waals surface area contributed by atoms with Crippen molar-refractivity contribution in [2.45, 2.75) is 26.8 Å². The summed E-state index contributed by atoms with van der Waals surface area (Å²) in [5, 5.41) is 13.3.